The summed E-state index contributed by atoms with van der Waals surface area (Å²) < 4.78 is 0. The zero-order valence-electron chi connectivity index (χ0n) is 14.8. The van der Waals surface area contributed by atoms with E-state index in [1.54, 1.807) is 0 Å². The van der Waals surface area contributed by atoms with Crippen molar-refractivity contribution >= 4 is 35.3 Å². The van der Waals surface area contributed by atoms with E-state index < -0.39 is 0 Å². The van der Waals surface area contributed by atoms with Crippen molar-refractivity contribution in [2.75, 3.05) is 16.8 Å². The average molecular weight is 372 g/mol. The molecule has 1 atom stereocenters. The summed E-state index contributed by atoms with van der Waals surface area (Å²) in [4.78, 5) is 24.9. The molecule has 138 valence electrons. The molecule has 2 aromatic rings. The molecule has 0 radical (unpaired) electrons. The molecule has 1 aromatic heterocycles. The number of amides is 1. The van der Waals surface area contributed by atoms with Crippen molar-refractivity contribution in [1.82, 2.24) is 20.3 Å². The molecule has 7 nitrogen and oxygen atoms in total. The summed E-state index contributed by atoms with van der Waals surface area (Å²) in [5.74, 6) is 1.58. The lowest BCUT2D eigenvalue weighted by molar-refractivity contribution is -0.119. The van der Waals surface area contributed by atoms with Gasteiger partial charge in [0.2, 0.25) is 17.8 Å². The van der Waals surface area contributed by atoms with Crippen LogP contribution in [-0.4, -0.2) is 32.7 Å². The smallest absolute Gasteiger partial charge is 0.232 e. The van der Waals surface area contributed by atoms with Crippen LogP contribution in [0.25, 0.3) is 0 Å². The van der Waals surface area contributed by atoms with E-state index >= 15 is 0 Å². The minimum atomic E-state index is -0.0639. The van der Waals surface area contributed by atoms with Crippen molar-refractivity contribution in [3.05, 3.63) is 36.2 Å². The predicted molar refractivity (Wildman–Crippen MR) is 105 cm³/mol. The van der Waals surface area contributed by atoms with Crippen molar-refractivity contribution < 1.29 is 4.79 Å². The normalized spacial score (nSPS) is 15.6. The van der Waals surface area contributed by atoms with Crippen LogP contribution in [0.3, 0.4) is 0 Å². The maximum atomic E-state index is 12.1. The van der Waals surface area contributed by atoms with Crippen molar-refractivity contribution in [1.29, 1.82) is 0 Å². The highest BCUT2D eigenvalue weighted by molar-refractivity contribution is 8.00. The van der Waals surface area contributed by atoms with E-state index in [1.807, 2.05) is 37.3 Å². The fraction of sp³-hybridized carbons (Fsp3) is 0.444. The Hall–Kier alpha value is -2.35. The van der Waals surface area contributed by atoms with Gasteiger partial charge in [0.1, 0.15) is 5.82 Å². The molecule has 4 N–H and O–H groups in total. The highest BCUT2D eigenvalue weighted by Crippen LogP contribution is 2.27. The van der Waals surface area contributed by atoms with Gasteiger partial charge >= 0.3 is 0 Å². The number of carbonyl (C=O) groups is 1. The van der Waals surface area contributed by atoms with E-state index in [9.17, 15) is 4.79 Å². The molecule has 3 rings (SSSR count). The molecule has 1 heterocycles. The lowest BCUT2D eigenvalue weighted by Crippen LogP contribution is -2.34. The monoisotopic (exact) mass is 372 g/mol. The number of rotatable bonds is 7. The number of hydrogen-bond donors (Lipinski definition) is 3. The highest BCUT2D eigenvalue weighted by Gasteiger charge is 2.19. The SMILES string of the molecule is CC(SCC(=O)NC1CCCC1)c1nc(N)nc(Nc2ccccc2)n1. The topological polar surface area (TPSA) is 106 Å². The largest absolute Gasteiger partial charge is 0.368 e. The number of nitrogens with two attached hydrogens (primary N) is 1. The van der Waals surface area contributed by atoms with Gasteiger partial charge in [-0.25, -0.2) is 0 Å². The Morgan fingerprint density at radius 3 is 2.69 bits per heavy atom. The molecule has 1 fully saturated rings. The van der Waals surface area contributed by atoms with Gasteiger partial charge in [0, 0.05) is 11.7 Å². The van der Waals surface area contributed by atoms with E-state index in [0.29, 0.717) is 23.6 Å². The first-order valence-corrected chi connectivity index (χ1v) is 9.89. The Morgan fingerprint density at radius 2 is 1.96 bits per heavy atom. The molecular formula is C18H24N6OS. The number of para-hydroxylation sites is 1. The Bertz CT molecular complexity index is 736. The molecular weight excluding hydrogens is 348 g/mol. The first-order chi connectivity index (χ1) is 12.6. The number of hydrogen-bond acceptors (Lipinski definition) is 7. The maximum Gasteiger partial charge on any atom is 0.232 e. The minimum Gasteiger partial charge on any atom is -0.368 e. The van der Waals surface area contributed by atoms with Gasteiger partial charge in [0.25, 0.3) is 0 Å². The lowest BCUT2D eigenvalue weighted by Gasteiger charge is -2.14. The minimum absolute atomic E-state index is 0.0639. The molecule has 1 aliphatic carbocycles. The second-order valence-electron chi connectivity index (χ2n) is 6.37. The van der Waals surface area contributed by atoms with Crippen molar-refractivity contribution in [2.45, 2.75) is 43.9 Å². The number of carbonyl (C=O) groups excluding carboxylic acids is 1. The molecule has 1 aliphatic rings. The Labute approximate surface area is 157 Å². The van der Waals surface area contributed by atoms with Gasteiger partial charge in [-0.2, -0.15) is 15.0 Å². The predicted octanol–water partition coefficient (Wildman–Crippen LogP) is 3.05. The molecule has 0 aliphatic heterocycles. The number of benzene rings is 1. The van der Waals surface area contributed by atoms with Gasteiger partial charge < -0.3 is 16.4 Å². The number of nitrogens with one attached hydrogen (secondary N) is 2. The Balaban J connectivity index is 1.57. The molecule has 26 heavy (non-hydrogen) atoms. The molecule has 8 heteroatoms. The van der Waals surface area contributed by atoms with E-state index in [2.05, 4.69) is 25.6 Å². The summed E-state index contributed by atoms with van der Waals surface area (Å²) in [6, 6.07) is 9.97. The summed E-state index contributed by atoms with van der Waals surface area (Å²) >= 11 is 1.50. The second-order valence-corrected chi connectivity index (χ2v) is 7.70. The van der Waals surface area contributed by atoms with Gasteiger partial charge in [-0.05, 0) is 31.9 Å². The maximum absolute atomic E-state index is 12.1. The quantitative estimate of drug-likeness (QED) is 0.686. The third kappa shape index (κ3) is 5.32. The number of nitrogens with zero attached hydrogens (tertiary/aromatic N) is 3. The lowest BCUT2D eigenvalue weighted by atomic mass is 10.2. The molecule has 1 amide bonds. The summed E-state index contributed by atoms with van der Waals surface area (Å²) in [7, 11) is 0. The molecule has 1 aromatic carbocycles. The zero-order chi connectivity index (χ0) is 18.4. The number of aromatic nitrogens is 3. The van der Waals surface area contributed by atoms with Crippen molar-refractivity contribution in [3.63, 3.8) is 0 Å². The van der Waals surface area contributed by atoms with E-state index in [4.69, 9.17) is 5.73 Å². The molecule has 1 saturated carbocycles. The summed E-state index contributed by atoms with van der Waals surface area (Å²) in [6.07, 6.45) is 4.58. The third-order valence-corrected chi connectivity index (χ3v) is 5.39. The molecule has 1 unspecified atom stereocenters. The average Bonchev–Trinajstić information content (AvgIpc) is 3.13. The first kappa shape index (κ1) is 18.4. The van der Waals surface area contributed by atoms with Gasteiger partial charge in [-0.3, -0.25) is 4.79 Å². The Kier molecular flexibility index (Phi) is 6.27. The van der Waals surface area contributed by atoms with Crippen LogP contribution in [0.15, 0.2) is 30.3 Å². The van der Waals surface area contributed by atoms with Crippen molar-refractivity contribution in [2.24, 2.45) is 0 Å². The van der Waals surface area contributed by atoms with Crippen LogP contribution in [-0.2, 0) is 4.79 Å². The third-order valence-electron chi connectivity index (χ3n) is 4.25. The van der Waals surface area contributed by atoms with Gasteiger partial charge in [0.15, 0.2) is 0 Å². The first-order valence-electron chi connectivity index (χ1n) is 8.84. The summed E-state index contributed by atoms with van der Waals surface area (Å²) in [5, 5.41) is 6.15. The van der Waals surface area contributed by atoms with Crippen molar-refractivity contribution in [3.8, 4) is 0 Å². The van der Waals surface area contributed by atoms with Crippen LogP contribution in [0.4, 0.5) is 17.6 Å². The number of anilines is 3. The van der Waals surface area contributed by atoms with Crippen LogP contribution >= 0.6 is 11.8 Å². The van der Waals surface area contributed by atoms with Crippen LogP contribution in [0.2, 0.25) is 0 Å². The van der Waals surface area contributed by atoms with Gasteiger partial charge in [-0.1, -0.05) is 31.0 Å². The standard InChI is InChI=1S/C18H24N6OS/c1-12(26-11-15(25)20-13-9-5-6-10-13)16-22-17(19)24-18(23-16)21-14-7-3-2-4-8-14/h2-4,7-8,12-13H,5-6,9-11H2,1H3,(H,20,25)(H3,19,21,22,23,24). The van der Waals surface area contributed by atoms with E-state index in [1.165, 1.54) is 24.6 Å². The van der Waals surface area contributed by atoms with E-state index in [0.717, 1.165) is 18.5 Å². The molecule has 0 spiro atoms. The van der Waals surface area contributed by atoms with Crippen LogP contribution in [0.5, 0.6) is 0 Å². The second kappa shape index (κ2) is 8.84. The molecule has 0 saturated heterocycles. The number of nitrogen functional groups attached to an aromatic ring is 1. The molecule has 0 bridgehead atoms. The van der Waals surface area contributed by atoms with Gasteiger partial charge in [0.05, 0.1) is 11.0 Å². The zero-order valence-corrected chi connectivity index (χ0v) is 15.6. The number of thioether (sulfide) groups is 1. The Morgan fingerprint density at radius 1 is 1.23 bits per heavy atom. The summed E-state index contributed by atoms with van der Waals surface area (Å²) in [5.41, 5.74) is 6.70. The fourth-order valence-corrected chi connectivity index (χ4v) is 3.65. The fourth-order valence-electron chi connectivity index (χ4n) is 2.91. The summed E-state index contributed by atoms with van der Waals surface area (Å²) in [6.45, 7) is 1.97. The van der Waals surface area contributed by atoms with Crippen LogP contribution < -0.4 is 16.4 Å². The highest BCUT2D eigenvalue weighted by atomic mass is 32.2. The van der Waals surface area contributed by atoms with E-state index in [-0.39, 0.29) is 17.1 Å². The van der Waals surface area contributed by atoms with Gasteiger partial charge in [-0.15, -0.1) is 11.8 Å². The van der Waals surface area contributed by atoms with Crippen LogP contribution in [0.1, 0.15) is 43.7 Å². The van der Waals surface area contributed by atoms with Crippen LogP contribution in [0, 0.1) is 0 Å².